The van der Waals surface area contributed by atoms with Crippen LogP contribution in [0.15, 0.2) is 24.3 Å². The Morgan fingerprint density at radius 3 is 2.42 bits per heavy atom. The number of carboxylic acids is 1. The Bertz CT molecular complexity index is 580. The number of aliphatic carboxylic acids is 1. The molecule has 0 aromatic heterocycles. The van der Waals surface area contributed by atoms with Gasteiger partial charge in [0.15, 0.2) is 5.12 Å². The first-order valence-electron chi connectivity index (χ1n) is 7.45. The normalized spacial score (nSPS) is 11.6. The predicted molar refractivity (Wildman–Crippen MR) is 95.5 cm³/mol. The van der Waals surface area contributed by atoms with Crippen molar-refractivity contribution in [3.05, 3.63) is 34.9 Å². The van der Waals surface area contributed by atoms with E-state index >= 15 is 0 Å². The van der Waals surface area contributed by atoms with Crippen LogP contribution in [0.3, 0.4) is 0 Å². The van der Waals surface area contributed by atoms with Crippen LogP contribution in [0.5, 0.6) is 0 Å². The molecule has 0 aliphatic rings. The van der Waals surface area contributed by atoms with Crippen molar-refractivity contribution in [1.82, 2.24) is 10.2 Å². The largest absolute Gasteiger partial charge is 0.480 e. The number of nitrogens with zero attached hydrogens (tertiary/aromatic N) is 1. The summed E-state index contributed by atoms with van der Waals surface area (Å²) >= 11 is 6.98. The summed E-state index contributed by atoms with van der Waals surface area (Å²) in [6, 6.07) is 5.88. The molecular weight excluding hydrogens is 352 g/mol. The van der Waals surface area contributed by atoms with Crippen LogP contribution in [-0.4, -0.2) is 52.0 Å². The van der Waals surface area contributed by atoms with Crippen molar-refractivity contribution in [2.24, 2.45) is 0 Å². The number of hydrogen-bond acceptors (Lipinski definition) is 4. The SMILES string of the molecule is CC(=O)SCCN(CCc1ccc(Cl)cc1)C(=O)NC(C)C(=O)O. The minimum atomic E-state index is -1.10. The molecule has 1 unspecified atom stereocenters. The molecule has 0 heterocycles. The molecule has 0 bridgehead atoms. The first-order chi connectivity index (χ1) is 11.3. The highest BCUT2D eigenvalue weighted by atomic mass is 35.5. The van der Waals surface area contributed by atoms with Crippen molar-refractivity contribution in [3.8, 4) is 0 Å². The third-order valence-electron chi connectivity index (χ3n) is 3.25. The van der Waals surface area contributed by atoms with Gasteiger partial charge in [-0.1, -0.05) is 35.5 Å². The zero-order valence-electron chi connectivity index (χ0n) is 13.6. The number of urea groups is 1. The smallest absolute Gasteiger partial charge is 0.325 e. The number of rotatable bonds is 8. The van der Waals surface area contributed by atoms with E-state index in [1.54, 1.807) is 12.1 Å². The van der Waals surface area contributed by atoms with Crippen molar-refractivity contribution in [2.75, 3.05) is 18.8 Å². The number of amides is 2. The van der Waals surface area contributed by atoms with E-state index in [2.05, 4.69) is 5.32 Å². The van der Waals surface area contributed by atoms with Gasteiger partial charge in [-0.3, -0.25) is 9.59 Å². The van der Waals surface area contributed by atoms with Gasteiger partial charge in [0, 0.05) is 30.8 Å². The molecule has 24 heavy (non-hydrogen) atoms. The minimum Gasteiger partial charge on any atom is -0.480 e. The maximum absolute atomic E-state index is 12.2. The van der Waals surface area contributed by atoms with Crippen LogP contribution in [-0.2, 0) is 16.0 Å². The number of carbonyl (C=O) groups excluding carboxylic acids is 2. The molecule has 1 aromatic carbocycles. The number of nitrogens with one attached hydrogen (secondary N) is 1. The molecule has 0 spiro atoms. The molecule has 132 valence electrons. The number of hydrogen-bond donors (Lipinski definition) is 2. The number of carboxylic acid groups (broad SMARTS) is 1. The highest BCUT2D eigenvalue weighted by Gasteiger charge is 2.19. The van der Waals surface area contributed by atoms with Crippen molar-refractivity contribution >= 4 is 40.5 Å². The van der Waals surface area contributed by atoms with Crippen LogP contribution >= 0.6 is 23.4 Å². The Labute approximate surface area is 150 Å². The molecule has 1 rings (SSSR count). The Hall–Kier alpha value is -1.73. The van der Waals surface area contributed by atoms with E-state index in [0.717, 1.165) is 17.3 Å². The summed E-state index contributed by atoms with van der Waals surface area (Å²) in [4.78, 5) is 35.7. The second-order valence-corrected chi connectivity index (χ2v) is 6.92. The molecule has 0 fully saturated rings. The van der Waals surface area contributed by atoms with Crippen LogP contribution in [0.2, 0.25) is 5.02 Å². The van der Waals surface area contributed by atoms with Gasteiger partial charge in [-0.15, -0.1) is 0 Å². The van der Waals surface area contributed by atoms with Gasteiger partial charge in [0.05, 0.1) is 0 Å². The summed E-state index contributed by atoms with van der Waals surface area (Å²) in [6.45, 7) is 3.64. The first kappa shape index (κ1) is 20.3. The van der Waals surface area contributed by atoms with E-state index in [-0.39, 0.29) is 5.12 Å². The molecule has 6 nitrogen and oxygen atoms in total. The monoisotopic (exact) mass is 372 g/mol. The van der Waals surface area contributed by atoms with E-state index < -0.39 is 18.0 Å². The molecule has 2 amide bonds. The Morgan fingerprint density at radius 1 is 1.25 bits per heavy atom. The molecule has 1 aromatic rings. The number of carbonyl (C=O) groups is 3. The Balaban J connectivity index is 2.65. The third-order valence-corrected chi connectivity index (χ3v) is 4.29. The lowest BCUT2D eigenvalue weighted by atomic mass is 10.1. The molecular formula is C16H21ClN2O4S. The lowest BCUT2D eigenvalue weighted by molar-refractivity contribution is -0.138. The minimum absolute atomic E-state index is 0.0213. The van der Waals surface area contributed by atoms with E-state index in [0.29, 0.717) is 30.3 Å². The zero-order chi connectivity index (χ0) is 18.1. The van der Waals surface area contributed by atoms with Gasteiger partial charge in [0.2, 0.25) is 0 Å². The van der Waals surface area contributed by atoms with Crippen molar-refractivity contribution in [2.45, 2.75) is 26.3 Å². The van der Waals surface area contributed by atoms with Gasteiger partial charge in [0.25, 0.3) is 0 Å². The maximum atomic E-state index is 12.2. The first-order valence-corrected chi connectivity index (χ1v) is 8.82. The number of benzene rings is 1. The van der Waals surface area contributed by atoms with E-state index in [4.69, 9.17) is 16.7 Å². The zero-order valence-corrected chi connectivity index (χ0v) is 15.2. The van der Waals surface area contributed by atoms with Gasteiger partial charge < -0.3 is 15.3 Å². The van der Waals surface area contributed by atoms with Crippen molar-refractivity contribution in [3.63, 3.8) is 0 Å². The van der Waals surface area contributed by atoms with Gasteiger partial charge in [-0.05, 0) is 31.0 Å². The standard InChI is InChI=1S/C16H21ClN2O4S/c1-11(15(21)22)18-16(23)19(9-10-24-12(2)20)8-7-13-3-5-14(17)6-4-13/h3-6,11H,7-10H2,1-2H3,(H,18,23)(H,21,22). The van der Waals surface area contributed by atoms with Gasteiger partial charge in [-0.2, -0.15) is 0 Å². The highest BCUT2D eigenvalue weighted by molar-refractivity contribution is 8.13. The summed E-state index contributed by atoms with van der Waals surface area (Å²) in [6.07, 6.45) is 0.608. The predicted octanol–water partition coefficient (Wildman–Crippen LogP) is 2.65. The van der Waals surface area contributed by atoms with Gasteiger partial charge in [0.1, 0.15) is 6.04 Å². The van der Waals surface area contributed by atoms with Crippen molar-refractivity contribution < 1.29 is 19.5 Å². The topological polar surface area (TPSA) is 86.7 Å². The molecule has 0 aliphatic carbocycles. The average molecular weight is 373 g/mol. The van der Waals surface area contributed by atoms with Gasteiger partial charge >= 0.3 is 12.0 Å². The Morgan fingerprint density at radius 2 is 1.88 bits per heavy atom. The lowest BCUT2D eigenvalue weighted by Gasteiger charge is -2.24. The fourth-order valence-corrected chi connectivity index (χ4v) is 2.59. The summed E-state index contributed by atoms with van der Waals surface area (Å²) in [5.41, 5.74) is 1.02. The van der Waals surface area contributed by atoms with Crippen LogP contribution in [0, 0.1) is 0 Å². The lowest BCUT2D eigenvalue weighted by Crippen LogP contribution is -2.48. The van der Waals surface area contributed by atoms with Crippen LogP contribution < -0.4 is 5.32 Å². The van der Waals surface area contributed by atoms with E-state index in [1.165, 1.54) is 18.7 Å². The average Bonchev–Trinajstić information content (AvgIpc) is 2.51. The highest BCUT2D eigenvalue weighted by Crippen LogP contribution is 2.11. The van der Waals surface area contributed by atoms with Crippen LogP contribution in [0.1, 0.15) is 19.4 Å². The second-order valence-electron chi connectivity index (χ2n) is 5.21. The quantitative estimate of drug-likeness (QED) is 0.732. The molecule has 2 N–H and O–H groups in total. The van der Waals surface area contributed by atoms with Crippen LogP contribution in [0.25, 0.3) is 0 Å². The van der Waals surface area contributed by atoms with E-state index in [9.17, 15) is 14.4 Å². The molecule has 1 atom stereocenters. The van der Waals surface area contributed by atoms with Gasteiger partial charge in [-0.25, -0.2) is 4.79 Å². The third kappa shape index (κ3) is 7.70. The molecule has 0 saturated heterocycles. The number of thioether (sulfide) groups is 1. The Kier molecular flexibility index (Phi) is 8.63. The summed E-state index contributed by atoms with van der Waals surface area (Å²) < 4.78 is 0. The van der Waals surface area contributed by atoms with E-state index in [1.807, 2.05) is 12.1 Å². The van der Waals surface area contributed by atoms with Crippen LogP contribution in [0.4, 0.5) is 4.79 Å². The number of halogens is 1. The molecule has 0 aliphatic heterocycles. The maximum Gasteiger partial charge on any atom is 0.325 e. The molecule has 0 saturated carbocycles. The summed E-state index contributed by atoms with van der Waals surface area (Å²) in [5, 5.41) is 12.0. The summed E-state index contributed by atoms with van der Waals surface area (Å²) in [7, 11) is 0. The molecule has 8 heteroatoms. The molecule has 0 radical (unpaired) electrons. The summed E-state index contributed by atoms with van der Waals surface area (Å²) in [5.74, 6) is -0.635. The fraction of sp³-hybridized carbons (Fsp3) is 0.438. The fourth-order valence-electron chi connectivity index (χ4n) is 1.87. The van der Waals surface area contributed by atoms with Crippen molar-refractivity contribution in [1.29, 1.82) is 0 Å². The second kappa shape index (κ2) is 10.2.